The summed E-state index contributed by atoms with van der Waals surface area (Å²) < 4.78 is 81.7. The SMILES string of the molecule is O=S(=O)(c1ccc2c(c1)nc(SCc1cc(F)c(F)cc1F)n2CC1CCCO1)N1CCOCC1. The molecular formula is C23H24F3N3O4S2. The van der Waals surface area contributed by atoms with Crippen LogP contribution in [-0.2, 0) is 31.8 Å². The Morgan fingerprint density at radius 2 is 1.80 bits per heavy atom. The highest BCUT2D eigenvalue weighted by Gasteiger charge is 2.28. The highest BCUT2D eigenvalue weighted by Crippen LogP contribution is 2.31. The summed E-state index contributed by atoms with van der Waals surface area (Å²) in [7, 11) is -3.70. The van der Waals surface area contributed by atoms with Gasteiger partial charge in [-0.2, -0.15) is 4.31 Å². The molecule has 188 valence electrons. The summed E-state index contributed by atoms with van der Waals surface area (Å²) in [6.45, 7) is 2.43. The Labute approximate surface area is 205 Å². The number of fused-ring (bicyclic) bond motifs is 1. The van der Waals surface area contributed by atoms with Crippen LogP contribution < -0.4 is 0 Å². The Morgan fingerprint density at radius 3 is 2.54 bits per heavy atom. The van der Waals surface area contributed by atoms with Crippen LogP contribution in [0.2, 0.25) is 0 Å². The Bertz CT molecular complexity index is 1340. The third-order valence-electron chi connectivity index (χ3n) is 6.15. The number of hydrogen-bond donors (Lipinski definition) is 0. The molecular weight excluding hydrogens is 503 g/mol. The second-order valence-electron chi connectivity index (χ2n) is 8.45. The van der Waals surface area contributed by atoms with Crippen molar-refractivity contribution in [1.29, 1.82) is 0 Å². The van der Waals surface area contributed by atoms with Gasteiger partial charge in [-0.3, -0.25) is 0 Å². The monoisotopic (exact) mass is 527 g/mol. The van der Waals surface area contributed by atoms with E-state index in [-0.39, 0.29) is 35.4 Å². The van der Waals surface area contributed by atoms with Crippen molar-refractivity contribution < 1.29 is 31.1 Å². The standard InChI is InChI=1S/C23H24F3N3O4S2/c24-18-12-20(26)19(25)10-15(18)14-34-23-27-21-11-17(35(30,31)28-5-8-32-9-6-28)3-4-22(21)29(23)13-16-2-1-7-33-16/h3-4,10-12,16H,1-2,5-9,13-14H2. The van der Waals surface area contributed by atoms with Crippen molar-refractivity contribution in [2.24, 2.45) is 0 Å². The molecule has 1 atom stereocenters. The number of benzene rings is 2. The summed E-state index contributed by atoms with van der Waals surface area (Å²) in [6, 6.07) is 6.19. The molecule has 0 saturated carbocycles. The van der Waals surface area contributed by atoms with Crippen molar-refractivity contribution in [3.63, 3.8) is 0 Å². The van der Waals surface area contributed by atoms with Crippen LogP contribution in [0.25, 0.3) is 11.0 Å². The highest BCUT2D eigenvalue weighted by molar-refractivity contribution is 7.98. The van der Waals surface area contributed by atoms with E-state index in [9.17, 15) is 21.6 Å². The number of thioether (sulfide) groups is 1. The van der Waals surface area contributed by atoms with Gasteiger partial charge in [0.15, 0.2) is 16.8 Å². The average molecular weight is 528 g/mol. The van der Waals surface area contributed by atoms with Gasteiger partial charge >= 0.3 is 0 Å². The van der Waals surface area contributed by atoms with Crippen LogP contribution in [0.4, 0.5) is 13.2 Å². The zero-order valence-corrected chi connectivity index (χ0v) is 20.4. The van der Waals surface area contributed by atoms with E-state index in [4.69, 9.17) is 9.47 Å². The van der Waals surface area contributed by atoms with Gasteiger partial charge in [-0.1, -0.05) is 11.8 Å². The van der Waals surface area contributed by atoms with Crippen LogP contribution in [-0.4, -0.2) is 61.3 Å². The fraction of sp³-hybridized carbons (Fsp3) is 0.435. The zero-order chi connectivity index (χ0) is 24.6. The van der Waals surface area contributed by atoms with Gasteiger partial charge in [-0.15, -0.1) is 0 Å². The fourth-order valence-corrected chi connectivity index (χ4v) is 6.71. The smallest absolute Gasteiger partial charge is 0.243 e. The van der Waals surface area contributed by atoms with Gasteiger partial charge in [0, 0.05) is 37.1 Å². The molecule has 1 aromatic heterocycles. The van der Waals surface area contributed by atoms with Gasteiger partial charge in [0.2, 0.25) is 10.0 Å². The number of nitrogens with zero attached hydrogens (tertiary/aromatic N) is 3. The molecule has 1 unspecified atom stereocenters. The highest BCUT2D eigenvalue weighted by atomic mass is 32.2. The van der Waals surface area contributed by atoms with Crippen molar-refractivity contribution >= 4 is 32.8 Å². The molecule has 0 amide bonds. The fourth-order valence-electron chi connectivity index (χ4n) is 4.28. The summed E-state index contributed by atoms with van der Waals surface area (Å²) in [6.07, 6.45) is 1.80. The lowest BCUT2D eigenvalue weighted by Crippen LogP contribution is -2.40. The van der Waals surface area contributed by atoms with Crippen LogP contribution in [0.3, 0.4) is 0 Å². The summed E-state index contributed by atoms with van der Waals surface area (Å²) >= 11 is 1.17. The molecule has 2 aliphatic heterocycles. The van der Waals surface area contributed by atoms with E-state index in [1.54, 1.807) is 12.1 Å². The van der Waals surface area contributed by atoms with Gasteiger partial charge < -0.3 is 14.0 Å². The van der Waals surface area contributed by atoms with Gasteiger partial charge in [0.25, 0.3) is 0 Å². The molecule has 2 fully saturated rings. The summed E-state index contributed by atoms with van der Waals surface area (Å²) in [5.41, 5.74) is 1.21. The minimum atomic E-state index is -3.70. The Kier molecular flexibility index (Phi) is 7.09. The van der Waals surface area contributed by atoms with E-state index in [1.807, 2.05) is 4.57 Å². The largest absolute Gasteiger partial charge is 0.379 e. The number of halogens is 3. The second-order valence-corrected chi connectivity index (χ2v) is 11.3. The van der Waals surface area contributed by atoms with Crippen molar-refractivity contribution in [2.45, 2.75) is 41.3 Å². The first-order chi connectivity index (χ1) is 16.8. The van der Waals surface area contributed by atoms with Crippen LogP contribution >= 0.6 is 11.8 Å². The Morgan fingerprint density at radius 1 is 1.03 bits per heavy atom. The van der Waals surface area contributed by atoms with Gasteiger partial charge in [-0.05, 0) is 37.1 Å². The number of rotatable bonds is 7. The van der Waals surface area contributed by atoms with E-state index < -0.39 is 27.5 Å². The normalized spacial score (nSPS) is 19.6. The molecule has 0 spiro atoms. The van der Waals surface area contributed by atoms with Gasteiger partial charge in [-0.25, -0.2) is 26.6 Å². The number of morpholine rings is 1. The first kappa shape index (κ1) is 24.6. The lowest BCUT2D eigenvalue weighted by molar-refractivity contribution is 0.0730. The molecule has 7 nitrogen and oxygen atoms in total. The maximum absolute atomic E-state index is 14.2. The molecule has 2 aliphatic rings. The number of imidazole rings is 1. The summed E-state index contributed by atoms with van der Waals surface area (Å²) in [5.74, 6) is -3.17. The van der Waals surface area contributed by atoms with Crippen molar-refractivity contribution in [3.8, 4) is 0 Å². The molecule has 3 aromatic rings. The molecule has 0 radical (unpaired) electrons. The average Bonchev–Trinajstić information content (AvgIpc) is 3.49. The third kappa shape index (κ3) is 5.08. The predicted octanol–water partition coefficient (Wildman–Crippen LogP) is 3.95. The Balaban J connectivity index is 1.48. The van der Waals surface area contributed by atoms with E-state index in [1.165, 1.54) is 22.1 Å². The molecule has 12 heteroatoms. The summed E-state index contributed by atoms with van der Waals surface area (Å²) in [5, 5.41) is 0.514. The second kappa shape index (κ2) is 10.1. The van der Waals surface area contributed by atoms with E-state index >= 15 is 0 Å². The van der Waals surface area contributed by atoms with Crippen molar-refractivity contribution in [2.75, 3.05) is 32.9 Å². The van der Waals surface area contributed by atoms with Crippen LogP contribution in [0.5, 0.6) is 0 Å². The first-order valence-electron chi connectivity index (χ1n) is 11.3. The van der Waals surface area contributed by atoms with Crippen molar-refractivity contribution in [3.05, 3.63) is 53.3 Å². The van der Waals surface area contributed by atoms with Gasteiger partial charge in [0.05, 0.1) is 41.8 Å². The van der Waals surface area contributed by atoms with Crippen LogP contribution in [0.15, 0.2) is 40.4 Å². The maximum atomic E-state index is 14.2. The Hall–Kier alpha value is -2.12. The molecule has 0 aliphatic carbocycles. The molecule has 3 heterocycles. The predicted molar refractivity (Wildman–Crippen MR) is 124 cm³/mol. The van der Waals surface area contributed by atoms with E-state index in [0.717, 1.165) is 24.4 Å². The first-order valence-corrected chi connectivity index (χ1v) is 13.7. The number of aromatic nitrogens is 2. The molecule has 0 N–H and O–H groups in total. The molecule has 0 bridgehead atoms. The maximum Gasteiger partial charge on any atom is 0.243 e. The molecule has 2 saturated heterocycles. The third-order valence-corrected chi connectivity index (χ3v) is 9.07. The minimum absolute atomic E-state index is 0.0141. The number of ether oxygens (including phenoxy) is 2. The number of hydrogen-bond acceptors (Lipinski definition) is 6. The lowest BCUT2D eigenvalue weighted by Gasteiger charge is -2.26. The van der Waals surface area contributed by atoms with Crippen LogP contribution in [0.1, 0.15) is 18.4 Å². The van der Waals surface area contributed by atoms with E-state index in [2.05, 4.69) is 4.98 Å². The summed E-state index contributed by atoms with van der Waals surface area (Å²) in [4.78, 5) is 4.77. The lowest BCUT2D eigenvalue weighted by atomic mass is 10.2. The van der Waals surface area contributed by atoms with Crippen molar-refractivity contribution in [1.82, 2.24) is 13.9 Å². The minimum Gasteiger partial charge on any atom is -0.379 e. The molecule has 35 heavy (non-hydrogen) atoms. The molecule has 5 rings (SSSR count). The van der Waals surface area contributed by atoms with Crippen LogP contribution in [0, 0.1) is 17.5 Å². The van der Waals surface area contributed by atoms with E-state index in [0.29, 0.717) is 43.1 Å². The quantitative estimate of drug-likeness (QED) is 0.342. The zero-order valence-electron chi connectivity index (χ0n) is 18.8. The van der Waals surface area contributed by atoms with Gasteiger partial charge in [0.1, 0.15) is 5.82 Å². The molecule has 2 aromatic carbocycles. The number of sulfonamides is 1. The topological polar surface area (TPSA) is 73.7 Å².